The number of allylic oxidation sites excluding steroid dienone is 3. The van der Waals surface area contributed by atoms with Crippen LogP contribution in [-0.2, 0) is 0 Å². The second-order valence-electron chi connectivity index (χ2n) is 6.13. The standard InChI is InChI=1S/C19H25N/c1-3-7-16(8-4-1)15-20-19-13-11-18(12-14-19)17-9-5-2-6-10-17/h1-3,5-7,9-10,18-20H,4,8,11-15H2. The van der Waals surface area contributed by atoms with Crippen LogP contribution in [0.3, 0.4) is 0 Å². The van der Waals surface area contributed by atoms with Crippen LogP contribution < -0.4 is 5.32 Å². The monoisotopic (exact) mass is 267 g/mol. The largest absolute Gasteiger partial charge is 0.310 e. The molecule has 0 amide bonds. The summed E-state index contributed by atoms with van der Waals surface area (Å²) in [4.78, 5) is 0. The van der Waals surface area contributed by atoms with Crippen molar-refractivity contribution in [2.45, 2.75) is 50.5 Å². The zero-order chi connectivity index (χ0) is 13.6. The first kappa shape index (κ1) is 13.6. The summed E-state index contributed by atoms with van der Waals surface area (Å²) in [5.74, 6) is 0.783. The van der Waals surface area contributed by atoms with E-state index in [1.165, 1.54) is 44.1 Å². The normalized spacial score (nSPS) is 26.3. The van der Waals surface area contributed by atoms with Gasteiger partial charge >= 0.3 is 0 Å². The van der Waals surface area contributed by atoms with E-state index in [4.69, 9.17) is 0 Å². The van der Waals surface area contributed by atoms with Crippen molar-refractivity contribution >= 4 is 0 Å². The molecule has 1 nitrogen and oxygen atoms in total. The smallest absolute Gasteiger partial charge is 0.0170 e. The molecule has 106 valence electrons. The first-order valence-electron chi connectivity index (χ1n) is 8.05. The minimum Gasteiger partial charge on any atom is -0.310 e. The average Bonchev–Trinajstić information content (AvgIpc) is 2.55. The molecule has 20 heavy (non-hydrogen) atoms. The molecule has 0 atom stereocenters. The van der Waals surface area contributed by atoms with E-state index < -0.39 is 0 Å². The molecular weight excluding hydrogens is 242 g/mol. The Morgan fingerprint density at radius 3 is 2.50 bits per heavy atom. The molecule has 3 rings (SSSR count). The molecule has 1 aromatic carbocycles. The second-order valence-corrected chi connectivity index (χ2v) is 6.13. The lowest BCUT2D eigenvalue weighted by Crippen LogP contribution is -2.34. The number of nitrogens with one attached hydrogen (secondary N) is 1. The van der Waals surface area contributed by atoms with Crippen molar-refractivity contribution in [1.29, 1.82) is 0 Å². The van der Waals surface area contributed by atoms with Gasteiger partial charge in [0.2, 0.25) is 0 Å². The maximum atomic E-state index is 3.76. The fourth-order valence-electron chi connectivity index (χ4n) is 3.43. The number of hydrogen-bond acceptors (Lipinski definition) is 1. The van der Waals surface area contributed by atoms with Crippen molar-refractivity contribution in [3.8, 4) is 0 Å². The predicted molar refractivity (Wildman–Crippen MR) is 85.9 cm³/mol. The molecule has 0 bridgehead atoms. The number of hydrogen-bond donors (Lipinski definition) is 1. The summed E-state index contributed by atoms with van der Waals surface area (Å²) in [5, 5.41) is 3.76. The van der Waals surface area contributed by atoms with Gasteiger partial charge in [0.25, 0.3) is 0 Å². The van der Waals surface area contributed by atoms with Gasteiger partial charge in [0, 0.05) is 12.6 Å². The summed E-state index contributed by atoms with van der Waals surface area (Å²) in [5.41, 5.74) is 3.10. The van der Waals surface area contributed by atoms with E-state index in [2.05, 4.69) is 53.9 Å². The Balaban J connectivity index is 1.44. The second kappa shape index (κ2) is 6.90. The van der Waals surface area contributed by atoms with Gasteiger partial charge in [-0.2, -0.15) is 0 Å². The summed E-state index contributed by atoms with van der Waals surface area (Å²) in [6.45, 7) is 1.09. The highest BCUT2D eigenvalue weighted by Crippen LogP contribution is 2.32. The van der Waals surface area contributed by atoms with E-state index in [1.54, 1.807) is 5.57 Å². The van der Waals surface area contributed by atoms with Gasteiger partial charge in [-0.25, -0.2) is 0 Å². The van der Waals surface area contributed by atoms with E-state index in [9.17, 15) is 0 Å². The van der Waals surface area contributed by atoms with Crippen molar-refractivity contribution in [2.24, 2.45) is 0 Å². The van der Waals surface area contributed by atoms with Crippen LogP contribution in [0.15, 0.2) is 54.1 Å². The van der Waals surface area contributed by atoms with E-state index in [1.807, 2.05) is 0 Å². The molecule has 2 aliphatic carbocycles. The highest BCUT2D eigenvalue weighted by molar-refractivity contribution is 5.21. The molecule has 0 saturated heterocycles. The van der Waals surface area contributed by atoms with E-state index in [0.717, 1.165) is 18.5 Å². The number of benzene rings is 1. The summed E-state index contributed by atoms with van der Waals surface area (Å²) in [7, 11) is 0. The lowest BCUT2D eigenvalue weighted by Gasteiger charge is -2.30. The van der Waals surface area contributed by atoms with Gasteiger partial charge in [-0.1, -0.05) is 54.1 Å². The Kier molecular flexibility index (Phi) is 4.70. The summed E-state index contributed by atoms with van der Waals surface area (Å²) in [6.07, 6.45) is 14.5. The molecule has 1 aromatic rings. The predicted octanol–water partition coefficient (Wildman–Crippen LogP) is 4.58. The van der Waals surface area contributed by atoms with E-state index in [0.29, 0.717) is 0 Å². The van der Waals surface area contributed by atoms with Crippen LogP contribution in [-0.4, -0.2) is 12.6 Å². The molecule has 1 N–H and O–H groups in total. The third-order valence-corrected chi connectivity index (χ3v) is 4.72. The fourth-order valence-corrected chi connectivity index (χ4v) is 3.43. The quantitative estimate of drug-likeness (QED) is 0.842. The highest BCUT2D eigenvalue weighted by atomic mass is 14.9. The molecule has 0 radical (unpaired) electrons. The zero-order valence-corrected chi connectivity index (χ0v) is 12.2. The molecular formula is C19H25N. The van der Waals surface area contributed by atoms with Crippen LogP contribution in [0.25, 0.3) is 0 Å². The maximum absolute atomic E-state index is 3.76. The minimum absolute atomic E-state index is 0.724. The topological polar surface area (TPSA) is 12.0 Å². The molecule has 1 heteroatoms. The lowest BCUT2D eigenvalue weighted by atomic mass is 9.81. The van der Waals surface area contributed by atoms with E-state index in [-0.39, 0.29) is 0 Å². The lowest BCUT2D eigenvalue weighted by molar-refractivity contribution is 0.349. The van der Waals surface area contributed by atoms with Crippen LogP contribution >= 0.6 is 0 Å². The third-order valence-electron chi connectivity index (χ3n) is 4.72. The van der Waals surface area contributed by atoms with E-state index >= 15 is 0 Å². The Labute approximate surface area is 122 Å². The average molecular weight is 267 g/mol. The van der Waals surface area contributed by atoms with Crippen LogP contribution in [0, 0.1) is 0 Å². The van der Waals surface area contributed by atoms with Crippen molar-refractivity contribution in [3.05, 3.63) is 59.7 Å². The zero-order valence-electron chi connectivity index (χ0n) is 12.2. The van der Waals surface area contributed by atoms with Gasteiger partial charge in [0.1, 0.15) is 0 Å². The molecule has 0 heterocycles. The summed E-state index contributed by atoms with van der Waals surface area (Å²) >= 11 is 0. The van der Waals surface area contributed by atoms with Crippen molar-refractivity contribution in [3.63, 3.8) is 0 Å². The van der Waals surface area contributed by atoms with Crippen molar-refractivity contribution in [1.82, 2.24) is 5.32 Å². The molecule has 1 saturated carbocycles. The third kappa shape index (κ3) is 3.61. The molecule has 1 fully saturated rings. The molecule has 0 unspecified atom stereocenters. The first-order chi connectivity index (χ1) is 9.92. The fraction of sp³-hybridized carbons (Fsp3) is 0.474. The van der Waals surface area contributed by atoms with Crippen LogP contribution in [0.5, 0.6) is 0 Å². The van der Waals surface area contributed by atoms with Crippen LogP contribution in [0.1, 0.15) is 50.0 Å². The van der Waals surface area contributed by atoms with Gasteiger partial charge in [0.15, 0.2) is 0 Å². The van der Waals surface area contributed by atoms with Crippen LogP contribution in [0.4, 0.5) is 0 Å². The van der Waals surface area contributed by atoms with Crippen LogP contribution in [0.2, 0.25) is 0 Å². The first-order valence-corrected chi connectivity index (χ1v) is 8.05. The molecule has 0 aliphatic heterocycles. The van der Waals surface area contributed by atoms with Gasteiger partial charge in [-0.15, -0.1) is 0 Å². The Morgan fingerprint density at radius 1 is 1.00 bits per heavy atom. The molecule has 2 aliphatic rings. The Morgan fingerprint density at radius 2 is 1.80 bits per heavy atom. The Hall–Kier alpha value is -1.34. The van der Waals surface area contributed by atoms with Gasteiger partial charge in [-0.05, 0) is 50.0 Å². The summed E-state index contributed by atoms with van der Waals surface area (Å²) < 4.78 is 0. The molecule has 0 spiro atoms. The SMILES string of the molecule is C1=CCCC(CNC2CCC(c3ccccc3)CC2)=C1. The van der Waals surface area contributed by atoms with Crippen molar-refractivity contribution < 1.29 is 0 Å². The minimum atomic E-state index is 0.724. The number of rotatable bonds is 4. The van der Waals surface area contributed by atoms with Gasteiger partial charge in [0.05, 0.1) is 0 Å². The van der Waals surface area contributed by atoms with Crippen molar-refractivity contribution in [2.75, 3.05) is 6.54 Å². The maximum Gasteiger partial charge on any atom is 0.0170 e. The van der Waals surface area contributed by atoms with Gasteiger partial charge < -0.3 is 5.32 Å². The summed E-state index contributed by atoms with van der Waals surface area (Å²) in [6, 6.07) is 11.8. The Bertz CT molecular complexity index is 464. The van der Waals surface area contributed by atoms with Gasteiger partial charge in [-0.3, -0.25) is 0 Å². The molecule has 0 aromatic heterocycles. The highest BCUT2D eigenvalue weighted by Gasteiger charge is 2.21.